The van der Waals surface area contributed by atoms with Crippen molar-refractivity contribution in [2.75, 3.05) is 18.4 Å². The lowest BCUT2D eigenvalue weighted by atomic mass is 9.89. The summed E-state index contributed by atoms with van der Waals surface area (Å²) >= 11 is 1.76. The van der Waals surface area contributed by atoms with Gasteiger partial charge in [-0.1, -0.05) is 0 Å². The van der Waals surface area contributed by atoms with Crippen LogP contribution in [0.3, 0.4) is 0 Å². The molecule has 2 bridgehead atoms. The molecule has 3 aliphatic rings. The van der Waals surface area contributed by atoms with Crippen molar-refractivity contribution in [3.63, 3.8) is 0 Å². The minimum absolute atomic E-state index is 0.224. The van der Waals surface area contributed by atoms with Crippen molar-refractivity contribution < 1.29 is 13.2 Å². The third-order valence-corrected chi connectivity index (χ3v) is 8.22. The first-order chi connectivity index (χ1) is 14.0. The molecule has 3 fully saturated rings. The monoisotopic (exact) mass is 479 g/mol. The average Bonchev–Trinajstić information content (AvgIpc) is 3.44. The Balaban J connectivity index is 1.20. The van der Waals surface area contributed by atoms with Crippen molar-refractivity contribution in [3.05, 3.63) is 22.5 Å². The van der Waals surface area contributed by atoms with Crippen LogP contribution in [-0.2, 0) is 11.3 Å². The highest BCUT2D eigenvalue weighted by Crippen LogP contribution is 2.38. The summed E-state index contributed by atoms with van der Waals surface area (Å²) in [5, 5.41) is 13.4. The van der Waals surface area contributed by atoms with E-state index in [1.54, 1.807) is 16.6 Å². The Morgan fingerprint density at radius 3 is 2.72 bits per heavy atom. The number of aromatic nitrogens is 1. The van der Waals surface area contributed by atoms with Crippen LogP contribution in [-0.4, -0.2) is 60.2 Å². The third-order valence-electron chi connectivity index (χ3n) is 6.57. The number of halogens is 1. The molecule has 0 aromatic carbocycles. The first-order valence-corrected chi connectivity index (χ1v) is 11.8. The molecule has 4 heterocycles. The summed E-state index contributed by atoms with van der Waals surface area (Å²) < 4.78 is 28.8. The van der Waals surface area contributed by atoms with Gasteiger partial charge in [-0.2, -0.15) is 9.57 Å². The van der Waals surface area contributed by atoms with Crippen LogP contribution in [0.5, 0.6) is 0 Å². The molecule has 1 unspecified atom stereocenters. The fraction of sp³-hybridized carbons (Fsp3) is 0.579. The van der Waals surface area contributed by atoms with Crippen LogP contribution in [0.2, 0.25) is 0 Å². The summed E-state index contributed by atoms with van der Waals surface area (Å²) in [6.45, 7) is 1.61. The molecule has 0 spiro atoms. The first kappa shape index (κ1) is 19.5. The number of likely N-dealkylation sites (tertiary alicyclic amines) is 1. The number of hydrogen-bond donors (Lipinski definition) is 2. The molecule has 5 rings (SSSR count). The van der Waals surface area contributed by atoms with Crippen LogP contribution < -0.4 is 5.32 Å². The van der Waals surface area contributed by atoms with E-state index < -0.39 is 11.3 Å². The summed E-state index contributed by atoms with van der Waals surface area (Å²) in [5.41, 5.74) is 0.602. The second-order valence-corrected chi connectivity index (χ2v) is 9.86. The molecule has 29 heavy (non-hydrogen) atoms. The number of nitrogens with zero attached hydrogens (tertiary/aromatic N) is 4. The Labute approximate surface area is 179 Å². The second kappa shape index (κ2) is 7.63. The summed E-state index contributed by atoms with van der Waals surface area (Å²) in [6, 6.07) is 5.31. The van der Waals surface area contributed by atoms with E-state index in [-0.39, 0.29) is 11.8 Å². The van der Waals surface area contributed by atoms with Gasteiger partial charge in [0.25, 0.3) is 0 Å². The smallest absolute Gasteiger partial charge is 0.234 e. The van der Waals surface area contributed by atoms with E-state index in [1.165, 1.54) is 0 Å². The van der Waals surface area contributed by atoms with Gasteiger partial charge in [-0.3, -0.25) is 9.45 Å². The van der Waals surface area contributed by atoms with E-state index in [1.807, 2.05) is 6.07 Å². The summed E-state index contributed by atoms with van der Waals surface area (Å²) in [6.07, 6.45) is 7.04. The fourth-order valence-corrected chi connectivity index (χ4v) is 6.41. The Bertz CT molecular complexity index is 1000. The largest absolute Gasteiger partial charge is 0.444 e. The first-order valence-electron chi connectivity index (χ1n) is 9.91. The molecule has 3 atom stereocenters. The van der Waals surface area contributed by atoms with Gasteiger partial charge >= 0.3 is 0 Å². The number of rotatable bonds is 4. The van der Waals surface area contributed by atoms with E-state index >= 15 is 0 Å². The zero-order chi connectivity index (χ0) is 20.1. The third kappa shape index (κ3) is 3.49. The molecular weight excluding hydrogens is 458 g/mol. The molecule has 0 radical (unpaired) electrons. The summed E-state index contributed by atoms with van der Waals surface area (Å²) in [7, 11) is 0. The predicted molar refractivity (Wildman–Crippen MR) is 112 cm³/mol. The number of fused-ring (bicyclic) bond motifs is 3. The van der Waals surface area contributed by atoms with Crippen LogP contribution >= 0.6 is 15.9 Å². The molecule has 10 heteroatoms. The van der Waals surface area contributed by atoms with E-state index in [0.29, 0.717) is 30.3 Å². The zero-order valence-corrected chi connectivity index (χ0v) is 18.2. The molecule has 2 aromatic rings. The van der Waals surface area contributed by atoms with Gasteiger partial charge < -0.3 is 9.73 Å². The fourth-order valence-electron chi connectivity index (χ4n) is 5.18. The number of pyridine rings is 1. The maximum absolute atomic E-state index is 11.4. The molecule has 1 aliphatic carbocycles. The van der Waals surface area contributed by atoms with Crippen molar-refractivity contribution in [2.24, 2.45) is 0 Å². The molecule has 2 N–H and O–H groups in total. The lowest BCUT2D eigenvalue weighted by Gasteiger charge is -2.41. The van der Waals surface area contributed by atoms with E-state index in [2.05, 4.69) is 31.1 Å². The highest BCUT2D eigenvalue weighted by molar-refractivity contribution is 9.10. The van der Waals surface area contributed by atoms with E-state index in [4.69, 9.17) is 9.68 Å². The lowest BCUT2D eigenvalue weighted by molar-refractivity contribution is 0.101. The van der Waals surface area contributed by atoms with E-state index in [9.17, 15) is 8.76 Å². The van der Waals surface area contributed by atoms with Crippen LogP contribution in [0.4, 0.5) is 5.82 Å². The summed E-state index contributed by atoms with van der Waals surface area (Å²) in [4.78, 5) is 7.04. The number of anilines is 1. The highest BCUT2D eigenvalue weighted by atomic mass is 79.9. The van der Waals surface area contributed by atoms with Crippen molar-refractivity contribution in [1.29, 1.82) is 5.26 Å². The van der Waals surface area contributed by atoms with Gasteiger partial charge in [-0.25, -0.2) is 9.19 Å². The molecule has 0 amide bonds. The second-order valence-electron chi connectivity index (χ2n) is 8.14. The predicted octanol–water partition coefficient (Wildman–Crippen LogP) is 3.08. The van der Waals surface area contributed by atoms with Crippen LogP contribution in [0.1, 0.15) is 37.9 Å². The maximum atomic E-state index is 11.4. The van der Waals surface area contributed by atoms with Crippen molar-refractivity contribution in [2.45, 2.75) is 56.3 Å². The molecule has 2 saturated heterocycles. The van der Waals surface area contributed by atoms with Crippen LogP contribution in [0.15, 0.2) is 21.2 Å². The van der Waals surface area contributed by atoms with Gasteiger partial charge in [0.05, 0.1) is 10.7 Å². The van der Waals surface area contributed by atoms with Gasteiger partial charge in [0.2, 0.25) is 17.0 Å². The molecule has 1 saturated carbocycles. The Kier molecular flexibility index (Phi) is 5.12. The lowest BCUT2D eigenvalue weighted by Crippen LogP contribution is -2.51. The minimum Gasteiger partial charge on any atom is -0.444 e. The Hall–Kier alpha value is -1.51. The quantitative estimate of drug-likeness (QED) is 0.648. The molecular formula is C19H22BrN5O3S. The van der Waals surface area contributed by atoms with Crippen molar-refractivity contribution >= 4 is 44.0 Å². The number of furan rings is 1. The summed E-state index contributed by atoms with van der Waals surface area (Å²) in [5.74, 6) is 1.07. The minimum atomic E-state index is -1.84. The van der Waals surface area contributed by atoms with Gasteiger partial charge in [-0.15, -0.1) is 0 Å². The van der Waals surface area contributed by atoms with Crippen molar-refractivity contribution in [3.8, 4) is 6.07 Å². The van der Waals surface area contributed by atoms with Gasteiger partial charge in [0.15, 0.2) is 5.58 Å². The molecule has 8 nitrogen and oxygen atoms in total. The normalized spacial score (nSPS) is 31.2. The van der Waals surface area contributed by atoms with Gasteiger partial charge in [0.1, 0.15) is 11.9 Å². The zero-order valence-electron chi connectivity index (χ0n) is 15.8. The Morgan fingerprint density at radius 2 is 2.07 bits per heavy atom. The maximum Gasteiger partial charge on any atom is 0.234 e. The number of nitrogens with one attached hydrogen (secondary N) is 1. The standard InChI is InChI=1S/C19H22BrN5O3S/c20-18-16-6-15(7-21)28-17(16)8-22-19(18)23-11-1-3-12(4-2-11)24-9-14-5-13(24)10-25(14)29(26)27/h6,8,11-14H,1-5,9-10H2,(H,22,23)(H,26,27)/t11?,12?,13-,14-/m1/s1. The van der Waals surface area contributed by atoms with Crippen molar-refractivity contribution in [1.82, 2.24) is 14.2 Å². The van der Waals surface area contributed by atoms with Crippen LogP contribution in [0.25, 0.3) is 11.0 Å². The van der Waals surface area contributed by atoms with E-state index in [0.717, 1.165) is 54.3 Å². The number of piperazine rings is 1. The average molecular weight is 480 g/mol. The van der Waals surface area contributed by atoms with Gasteiger partial charge in [0, 0.05) is 48.7 Å². The Morgan fingerprint density at radius 1 is 1.28 bits per heavy atom. The molecule has 154 valence electrons. The molecule has 2 aliphatic heterocycles. The SMILES string of the molecule is N#Cc1cc2c(Br)c(NC3CCC(N4C[C@H]5C[C@@H]4CN5S(=O)O)CC3)ncc2o1. The highest BCUT2D eigenvalue weighted by Gasteiger charge is 2.47. The number of hydrogen-bond acceptors (Lipinski definition) is 6. The topological polar surface area (TPSA) is 106 Å². The van der Waals surface area contributed by atoms with Crippen LogP contribution in [0, 0.1) is 11.3 Å². The molecule has 2 aromatic heterocycles. The van der Waals surface area contributed by atoms with Gasteiger partial charge in [-0.05, 0) is 48.0 Å². The number of nitriles is 1.